The summed E-state index contributed by atoms with van der Waals surface area (Å²) < 4.78 is 10.6. The quantitative estimate of drug-likeness (QED) is 0.781. The third-order valence-corrected chi connectivity index (χ3v) is 3.53. The number of amides is 1. The molecule has 0 aliphatic carbocycles. The van der Waals surface area contributed by atoms with Crippen LogP contribution in [-0.2, 0) is 0 Å². The van der Waals surface area contributed by atoms with Crippen LogP contribution in [0.1, 0.15) is 35.4 Å². The van der Waals surface area contributed by atoms with E-state index < -0.39 is 6.10 Å². The molecule has 0 aliphatic rings. The molecule has 0 aliphatic heterocycles. The third kappa shape index (κ3) is 4.99. The maximum absolute atomic E-state index is 12.2. The van der Waals surface area contributed by atoms with Gasteiger partial charge in [-0.05, 0) is 42.3 Å². The van der Waals surface area contributed by atoms with Crippen molar-refractivity contribution in [1.82, 2.24) is 5.32 Å². The highest BCUT2D eigenvalue weighted by Crippen LogP contribution is 2.17. The Kier molecular flexibility index (Phi) is 6.63. The van der Waals surface area contributed by atoms with E-state index >= 15 is 0 Å². The SMILES string of the molecule is CCCOc1cccc(C(=O)NCC(O)c2ccc(OC)cc2)c1. The van der Waals surface area contributed by atoms with Crippen molar-refractivity contribution < 1.29 is 19.4 Å². The van der Waals surface area contributed by atoms with E-state index in [0.717, 1.165) is 17.7 Å². The summed E-state index contributed by atoms with van der Waals surface area (Å²) in [4.78, 5) is 12.2. The Labute approximate surface area is 142 Å². The van der Waals surface area contributed by atoms with Crippen LogP contribution in [0.5, 0.6) is 11.5 Å². The minimum absolute atomic E-state index is 0.130. The molecule has 0 saturated carbocycles. The first-order valence-corrected chi connectivity index (χ1v) is 7.97. The Morgan fingerprint density at radius 2 is 1.92 bits per heavy atom. The predicted octanol–water partition coefficient (Wildman–Crippen LogP) is 2.95. The second-order valence-corrected chi connectivity index (χ2v) is 5.38. The summed E-state index contributed by atoms with van der Waals surface area (Å²) in [5, 5.41) is 12.9. The minimum atomic E-state index is -0.778. The largest absolute Gasteiger partial charge is 0.497 e. The van der Waals surface area contributed by atoms with Crippen LogP contribution < -0.4 is 14.8 Å². The fourth-order valence-corrected chi connectivity index (χ4v) is 2.18. The Hall–Kier alpha value is -2.53. The maximum atomic E-state index is 12.2. The highest BCUT2D eigenvalue weighted by Gasteiger charge is 2.11. The van der Waals surface area contributed by atoms with Gasteiger partial charge in [0.2, 0.25) is 0 Å². The summed E-state index contributed by atoms with van der Waals surface area (Å²) in [7, 11) is 1.59. The number of aliphatic hydroxyl groups excluding tert-OH is 1. The van der Waals surface area contributed by atoms with Crippen LogP contribution in [0.15, 0.2) is 48.5 Å². The summed E-state index contributed by atoms with van der Waals surface area (Å²) in [5.74, 6) is 1.14. The molecule has 1 unspecified atom stereocenters. The van der Waals surface area contributed by atoms with Crippen LogP contribution in [-0.4, -0.2) is 31.3 Å². The van der Waals surface area contributed by atoms with E-state index in [1.807, 2.05) is 13.0 Å². The first kappa shape index (κ1) is 17.8. The molecule has 0 saturated heterocycles. The number of hydrogen-bond acceptors (Lipinski definition) is 4. The molecule has 2 aromatic rings. The standard InChI is InChI=1S/C19H23NO4/c1-3-11-24-17-6-4-5-15(12-17)19(22)20-13-18(21)14-7-9-16(23-2)10-8-14/h4-10,12,18,21H,3,11,13H2,1-2H3,(H,20,22). The first-order chi connectivity index (χ1) is 11.6. The van der Waals surface area contributed by atoms with Gasteiger partial charge in [0.1, 0.15) is 11.5 Å². The number of hydrogen-bond donors (Lipinski definition) is 2. The average Bonchev–Trinajstić information content (AvgIpc) is 2.64. The minimum Gasteiger partial charge on any atom is -0.497 e. The fraction of sp³-hybridized carbons (Fsp3) is 0.316. The molecule has 2 aromatic carbocycles. The molecular formula is C19H23NO4. The van der Waals surface area contributed by atoms with Crippen molar-refractivity contribution in [2.75, 3.05) is 20.3 Å². The normalized spacial score (nSPS) is 11.6. The van der Waals surface area contributed by atoms with Crippen molar-refractivity contribution in [2.45, 2.75) is 19.4 Å². The zero-order valence-corrected chi connectivity index (χ0v) is 14.0. The van der Waals surface area contributed by atoms with Crippen molar-refractivity contribution in [2.24, 2.45) is 0 Å². The second kappa shape index (κ2) is 8.93. The van der Waals surface area contributed by atoms with Gasteiger partial charge < -0.3 is 19.9 Å². The smallest absolute Gasteiger partial charge is 0.251 e. The maximum Gasteiger partial charge on any atom is 0.251 e. The van der Waals surface area contributed by atoms with Gasteiger partial charge in [0.15, 0.2) is 0 Å². The van der Waals surface area contributed by atoms with Crippen LogP contribution in [0.25, 0.3) is 0 Å². The molecule has 5 nitrogen and oxygen atoms in total. The number of benzene rings is 2. The number of carbonyl (C=O) groups excluding carboxylic acids is 1. The first-order valence-electron chi connectivity index (χ1n) is 7.97. The van der Waals surface area contributed by atoms with Crippen molar-refractivity contribution in [3.05, 3.63) is 59.7 Å². The lowest BCUT2D eigenvalue weighted by atomic mass is 10.1. The molecule has 128 valence electrons. The molecule has 24 heavy (non-hydrogen) atoms. The molecule has 0 bridgehead atoms. The van der Waals surface area contributed by atoms with Gasteiger partial charge >= 0.3 is 0 Å². The molecule has 0 heterocycles. The zero-order chi connectivity index (χ0) is 17.4. The highest BCUT2D eigenvalue weighted by atomic mass is 16.5. The molecule has 0 radical (unpaired) electrons. The molecule has 0 spiro atoms. The fourth-order valence-electron chi connectivity index (χ4n) is 2.18. The number of aliphatic hydroxyl groups is 1. The van der Waals surface area contributed by atoms with Crippen molar-refractivity contribution in [1.29, 1.82) is 0 Å². The van der Waals surface area contributed by atoms with Gasteiger partial charge in [0.25, 0.3) is 5.91 Å². The van der Waals surface area contributed by atoms with Crippen molar-refractivity contribution >= 4 is 5.91 Å². The Morgan fingerprint density at radius 3 is 2.58 bits per heavy atom. The zero-order valence-electron chi connectivity index (χ0n) is 14.0. The highest BCUT2D eigenvalue weighted by molar-refractivity contribution is 5.94. The molecule has 0 fully saturated rings. The van der Waals surface area contributed by atoms with Gasteiger partial charge in [0, 0.05) is 12.1 Å². The van der Waals surface area contributed by atoms with Gasteiger partial charge in [-0.15, -0.1) is 0 Å². The van der Waals surface area contributed by atoms with E-state index in [-0.39, 0.29) is 12.5 Å². The lowest BCUT2D eigenvalue weighted by Gasteiger charge is -2.13. The van der Waals surface area contributed by atoms with Crippen molar-refractivity contribution in [3.8, 4) is 11.5 Å². The van der Waals surface area contributed by atoms with Crippen LogP contribution in [0.2, 0.25) is 0 Å². The molecule has 1 amide bonds. The van der Waals surface area contributed by atoms with Gasteiger partial charge in [-0.2, -0.15) is 0 Å². The molecule has 2 N–H and O–H groups in total. The Bertz CT molecular complexity index is 655. The van der Waals surface area contributed by atoms with E-state index in [4.69, 9.17) is 9.47 Å². The predicted molar refractivity (Wildman–Crippen MR) is 92.5 cm³/mol. The summed E-state index contributed by atoms with van der Waals surface area (Å²) in [5.41, 5.74) is 1.22. The summed E-state index contributed by atoms with van der Waals surface area (Å²) >= 11 is 0. The van der Waals surface area contributed by atoms with E-state index in [2.05, 4.69) is 5.32 Å². The van der Waals surface area contributed by atoms with E-state index in [1.165, 1.54) is 0 Å². The lowest BCUT2D eigenvalue weighted by molar-refractivity contribution is 0.0916. The van der Waals surface area contributed by atoms with Crippen molar-refractivity contribution in [3.63, 3.8) is 0 Å². The summed E-state index contributed by atoms with van der Waals surface area (Å²) in [6.07, 6.45) is 0.129. The number of ether oxygens (including phenoxy) is 2. The van der Waals surface area contributed by atoms with E-state index in [9.17, 15) is 9.90 Å². The molecule has 0 aromatic heterocycles. The number of rotatable bonds is 8. The monoisotopic (exact) mass is 329 g/mol. The molecule has 1 atom stereocenters. The van der Waals surface area contributed by atoms with Gasteiger partial charge in [-0.1, -0.05) is 25.1 Å². The number of carbonyl (C=O) groups is 1. The van der Waals surface area contributed by atoms with Crippen LogP contribution in [0.4, 0.5) is 0 Å². The summed E-state index contributed by atoms with van der Waals surface area (Å²) in [6.45, 7) is 2.77. The topological polar surface area (TPSA) is 67.8 Å². The second-order valence-electron chi connectivity index (χ2n) is 5.38. The van der Waals surface area contributed by atoms with Gasteiger partial charge in [0.05, 0.1) is 19.8 Å². The van der Waals surface area contributed by atoms with E-state index in [1.54, 1.807) is 49.6 Å². The third-order valence-electron chi connectivity index (χ3n) is 3.53. The van der Waals surface area contributed by atoms with Crippen LogP contribution >= 0.6 is 0 Å². The number of nitrogens with one attached hydrogen (secondary N) is 1. The van der Waals surface area contributed by atoms with Crippen LogP contribution in [0, 0.1) is 0 Å². The molecular weight excluding hydrogens is 306 g/mol. The Balaban J connectivity index is 1.91. The molecule has 5 heteroatoms. The molecule has 2 rings (SSSR count). The van der Waals surface area contributed by atoms with Crippen LogP contribution in [0.3, 0.4) is 0 Å². The Morgan fingerprint density at radius 1 is 1.17 bits per heavy atom. The lowest BCUT2D eigenvalue weighted by Crippen LogP contribution is -2.28. The summed E-state index contributed by atoms with van der Waals surface area (Å²) in [6, 6.07) is 14.1. The van der Waals surface area contributed by atoms with Gasteiger partial charge in [-0.3, -0.25) is 4.79 Å². The van der Waals surface area contributed by atoms with Gasteiger partial charge in [-0.25, -0.2) is 0 Å². The van der Waals surface area contributed by atoms with E-state index in [0.29, 0.717) is 17.9 Å². The number of methoxy groups -OCH3 is 1. The average molecular weight is 329 g/mol.